The maximum absolute atomic E-state index is 13.6. The van der Waals surface area contributed by atoms with Crippen LogP contribution in [0.4, 0.5) is 11.4 Å². The van der Waals surface area contributed by atoms with Crippen molar-refractivity contribution in [3.63, 3.8) is 0 Å². The standard InChI is InChI=1S/C25H19N3O3S/c29-25-18-8-4-7-17-22(12-11-20(27-25)24(17)18)32(30,31)28-21-10-9-19-16(13-14-26-19)23(21)15-5-2-1-3-6-15/h1-14,25-29H. The number of hydrogen-bond acceptors (Lipinski definition) is 4. The molecular formula is C25H19N3O3S. The van der Waals surface area contributed by atoms with Crippen molar-refractivity contribution in [3.05, 3.63) is 90.6 Å². The second-order valence-corrected chi connectivity index (χ2v) is 9.48. The molecule has 7 heteroatoms. The predicted molar refractivity (Wildman–Crippen MR) is 127 cm³/mol. The molecule has 1 aromatic heterocycles. The van der Waals surface area contributed by atoms with Gasteiger partial charge in [0.25, 0.3) is 10.0 Å². The van der Waals surface area contributed by atoms with E-state index < -0.39 is 16.3 Å². The minimum absolute atomic E-state index is 0.169. The molecule has 1 unspecified atom stereocenters. The van der Waals surface area contributed by atoms with Gasteiger partial charge in [0.15, 0.2) is 6.23 Å². The number of aromatic amines is 1. The number of H-pyrrole nitrogens is 1. The lowest BCUT2D eigenvalue weighted by atomic mass is 10.00. The highest BCUT2D eigenvalue weighted by molar-refractivity contribution is 7.93. The molecule has 0 spiro atoms. The van der Waals surface area contributed by atoms with Crippen molar-refractivity contribution in [1.29, 1.82) is 0 Å². The summed E-state index contributed by atoms with van der Waals surface area (Å²) >= 11 is 0. The van der Waals surface area contributed by atoms with Gasteiger partial charge >= 0.3 is 0 Å². The number of aromatic nitrogens is 1. The SMILES string of the molecule is O=S(=O)(Nc1ccc2[nH]ccc2c1-c1ccccc1)c1ccc2c3c(cccc13)C(O)N2. The highest BCUT2D eigenvalue weighted by atomic mass is 32.2. The Morgan fingerprint density at radius 3 is 2.53 bits per heavy atom. The van der Waals surface area contributed by atoms with Gasteiger partial charge in [0.1, 0.15) is 0 Å². The Hall–Kier alpha value is -3.81. The number of benzene rings is 4. The Morgan fingerprint density at radius 1 is 0.844 bits per heavy atom. The normalized spacial score (nSPS) is 15.2. The first-order valence-electron chi connectivity index (χ1n) is 10.2. The van der Waals surface area contributed by atoms with Crippen LogP contribution in [0.3, 0.4) is 0 Å². The summed E-state index contributed by atoms with van der Waals surface area (Å²) in [5, 5.41) is 15.5. The van der Waals surface area contributed by atoms with E-state index in [2.05, 4.69) is 15.0 Å². The molecule has 6 nitrogen and oxygen atoms in total. The lowest BCUT2D eigenvalue weighted by molar-refractivity contribution is 0.213. The maximum Gasteiger partial charge on any atom is 0.262 e. The fourth-order valence-corrected chi connectivity index (χ4v) is 5.83. The van der Waals surface area contributed by atoms with Crippen molar-refractivity contribution in [3.8, 4) is 11.1 Å². The van der Waals surface area contributed by atoms with E-state index in [0.29, 0.717) is 16.6 Å². The van der Waals surface area contributed by atoms with Gasteiger partial charge in [-0.05, 0) is 35.9 Å². The van der Waals surface area contributed by atoms with Gasteiger partial charge in [-0.15, -0.1) is 0 Å². The van der Waals surface area contributed by atoms with Crippen molar-refractivity contribution in [2.75, 3.05) is 10.0 Å². The topological polar surface area (TPSA) is 94.2 Å². The van der Waals surface area contributed by atoms with E-state index >= 15 is 0 Å². The zero-order chi connectivity index (χ0) is 21.9. The first-order chi connectivity index (χ1) is 15.5. The molecule has 0 bridgehead atoms. The molecule has 1 atom stereocenters. The zero-order valence-corrected chi connectivity index (χ0v) is 17.6. The molecular weight excluding hydrogens is 422 g/mol. The number of aliphatic hydroxyl groups excluding tert-OH is 1. The minimum atomic E-state index is -3.91. The lowest BCUT2D eigenvalue weighted by Crippen LogP contribution is -2.14. The molecule has 4 aromatic carbocycles. The summed E-state index contributed by atoms with van der Waals surface area (Å²) in [7, 11) is -3.91. The van der Waals surface area contributed by atoms with Gasteiger partial charge in [0, 0.05) is 44.7 Å². The summed E-state index contributed by atoms with van der Waals surface area (Å²) in [4.78, 5) is 3.36. The molecule has 0 radical (unpaired) electrons. The van der Waals surface area contributed by atoms with Crippen molar-refractivity contribution >= 4 is 43.1 Å². The lowest BCUT2D eigenvalue weighted by Gasteiger charge is -2.16. The van der Waals surface area contributed by atoms with Crippen LogP contribution in [0, 0.1) is 0 Å². The highest BCUT2D eigenvalue weighted by Crippen LogP contribution is 2.42. The number of anilines is 2. The van der Waals surface area contributed by atoms with Crippen LogP contribution >= 0.6 is 0 Å². The Kier molecular flexibility index (Phi) is 4.05. The van der Waals surface area contributed by atoms with E-state index in [1.807, 2.05) is 48.7 Å². The molecule has 0 aliphatic carbocycles. The van der Waals surface area contributed by atoms with E-state index in [-0.39, 0.29) is 4.90 Å². The van der Waals surface area contributed by atoms with E-state index in [9.17, 15) is 13.5 Å². The van der Waals surface area contributed by atoms with E-state index in [4.69, 9.17) is 0 Å². The first-order valence-corrected chi connectivity index (χ1v) is 11.7. The maximum atomic E-state index is 13.6. The fourth-order valence-electron chi connectivity index (χ4n) is 4.55. The number of sulfonamides is 1. The van der Waals surface area contributed by atoms with E-state index in [0.717, 1.165) is 33.1 Å². The van der Waals surface area contributed by atoms with Crippen molar-refractivity contribution in [2.45, 2.75) is 11.1 Å². The first kappa shape index (κ1) is 18.9. The average Bonchev–Trinajstić information content (AvgIpc) is 3.40. The molecule has 0 amide bonds. The van der Waals surface area contributed by atoms with Gasteiger partial charge in [-0.2, -0.15) is 0 Å². The third-order valence-corrected chi connectivity index (χ3v) is 7.37. The number of rotatable bonds is 4. The largest absolute Gasteiger partial charge is 0.369 e. The monoisotopic (exact) mass is 441 g/mol. The summed E-state index contributed by atoms with van der Waals surface area (Å²) in [6.07, 6.45) is 0.997. The van der Waals surface area contributed by atoms with Crippen molar-refractivity contribution in [2.24, 2.45) is 0 Å². The van der Waals surface area contributed by atoms with Crippen LogP contribution in [0.5, 0.6) is 0 Å². The summed E-state index contributed by atoms with van der Waals surface area (Å²) in [6, 6.07) is 23.9. The smallest absolute Gasteiger partial charge is 0.262 e. The van der Waals surface area contributed by atoms with E-state index in [1.54, 1.807) is 36.4 Å². The molecule has 1 aliphatic rings. The van der Waals surface area contributed by atoms with Gasteiger partial charge in [-0.3, -0.25) is 4.72 Å². The number of hydrogen-bond donors (Lipinski definition) is 4. The molecule has 4 N–H and O–H groups in total. The van der Waals surface area contributed by atoms with Crippen LogP contribution < -0.4 is 10.0 Å². The molecule has 0 fully saturated rings. The molecule has 0 saturated carbocycles. The van der Waals surface area contributed by atoms with Crippen molar-refractivity contribution < 1.29 is 13.5 Å². The molecule has 2 heterocycles. The van der Waals surface area contributed by atoms with Crippen LogP contribution in [0.1, 0.15) is 11.8 Å². The summed E-state index contributed by atoms with van der Waals surface area (Å²) in [5.41, 5.74) is 4.56. The quantitative estimate of drug-likeness (QED) is 0.308. The Labute approximate surface area is 184 Å². The zero-order valence-electron chi connectivity index (χ0n) is 16.8. The average molecular weight is 442 g/mol. The molecule has 5 aromatic rings. The van der Waals surface area contributed by atoms with Gasteiger partial charge in [0.05, 0.1) is 10.6 Å². The van der Waals surface area contributed by atoms with Gasteiger partial charge in [-0.1, -0.05) is 48.5 Å². The molecule has 1 aliphatic heterocycles. The molecule has 32 heavy (non-hydrogen) atoms. The van der Waals surface area contributed by atoms with Crippen LogP contribution in [0.2, 0.25) is 0 Å². The number of aliphatic hydroxyl groups is 1. The summed E-state index contributed by atoms with van der Waals surface area (Å²) in [5.74, 6) is 0. The third-order valence-electron chi connectivity index (χ3n) is 5.95. The van der Waals surface area contributed by atoms with Crippen LogP contribution in [0.15, 0.2) is 90.0 Å². The predicted octanol–water partition coefficient (Wildman–Crippen LogP) is 5.21. The van der Waals surface area contributed by atoms with Crippen LogP contribution in [0.25, 0.3) is 32.8 Å². The minimum Gasteiger partial charge on any atom is -0.369 e. The van der Waals surface area contributed by atoms with Gasteiger partial charge in [0.2, 0.25) is 0 Å². The molecule has 158 valence electrons. The molecule has 0 saturated heterocycles. The Morgan fingerprint density at radius 2 is 1.69 bits per heavy atom. The van der Waals surface area contributed by atoms with E-state index in [1.165, 1.54) is 0 Å². The van der Waals surface area contributed by atoms with Crippen molar-refractivity contribution in [1.82, 2.24) is 4.98 Å². The van der Waals surface area contributed by atoms with Crippen LogP contribution in [-0.2, 0) is 10.0 Å². The Balaban J connectivity index is 1.53. The summed E-state index contributed by atoms with van der Waals surface area (Å²) < 4.78 is 30.0. The molecule has 6 rings (SSSR count). The fraction of sp³-hybridized carbons (Fsp3) is 0.0400. The number of fused-ring (bicyclic) bond motifs is 1. The second kappa shape index (κ2) is 6.85. The Bertz CT molecular complexity index is 1610. The van der Waals surface area contributed by atoms with Gasteiger partial charge < -0.3 is 15.4 Å². The van der Waals surface area contributed by atoms with Crippen LogP contribution in [-0.4, -0.2) is 18.5 Å². The van der Waals surface area contributed by atoms with Gasteiger partial charge in [-0.25, -0.2) is 8.42 Å². The number of nitrogens with one attached hydrogen (secondary N) is 3. The summed E-state index contributed by atoms with van der Waals surface area (Å²) in [6.45, 7) is 0. The third kappa shape index (κ3) is 2.79. The second-order valence-electron chi connectivity index (χ2n) is 7.83. The highest BCUT2D eigenvalue weighted by Gasteiger charge is 2.27.